The summed E-state index contributed by atoms with van der Waals surface area (Å²) in [6.07, 6.45) is -1.86. The van der Waals surface area contributed by atoms with Crippen molar-refractivity contribution in [3.8, 4) is 0 Å². The van der Waals surface area contributed by atoms with Crippen LogP contribution in [-0.2, 0) is 30.5 Å². The van der Waals surface area contributed by atoms with Crippen molar-refractivity contribution in [1.82, 2.24) is 10.2 Å². The van der Waals surface area contributed by atoms with E-state index in [-0.39, 0.29) is 12.5 Å². The first-order valence-electron chi connectivity index (χ1n) is 13.1. The number of hydrogen-bond acceptors (Lipinski definition) is 7. The van der Waals surface area contributed by atoms with Gasteiger partial charge in [0.1, 0.15) is 17.0 Å². The molecule has 2 aromatic carbocycles. The van der Waals surface area contributed by atoms with Gasteiger partial charge in [0.2, 0.25) is 5.91 Å². The van der Waals surface area contributed by atoms with E-state index in [9.17, 15) is 19.5 Å². The van der Waals surface area contributed by atoms with Gasteiger partial charge in [0.05, 0.1) is 12.7 Å². The summed E-state index contributed by atoms with van der Waals surface area (Å²) in [5.41, 5.74) is 1.24. The Morgan fingerprint density at radius 1 is 1.05 bits per heavy atom. The number of thioether (sulfide) groups is 1. The molecule has 1 saturated heterocycles. The molecule has 1 fully saturated rings. The summed E-state index contributed by atoms with van der Waals surface area (Å²) in [7, 11) is 0. The van der Waals surface area contributed by atoms with Gasteiger partial charge in [-0.25, -0.2) is 4.79 Å². The molecule has 9 heteroatoms. The Labute approximate surface area is 233 Å². The van der Waals surface area contributed by atoms with Gasteiger partial charge in [0, 0.05) is 0 Å². The normalized spacial score (nSPS) is 22.3. The Morgan fingerprint density at radius 2 is 1.67 bits per heavy atom. The quantitative estimate of drug-likeness (QED) is 0.358. The summed E-state index contributed by atoms with van der Waals surface area (Å²) in [6, 6.07) is 16.7. The molecule has 2 N–H and O–H groups in total. The van der Waals surface area contributed by atoms with Crippen LogP contribution < -0.4 is 5.32 Å². The highest BCUT2D eigenvalue weighted by molar-refractivity contribution is 8.03. The summed E-state index contributed by atoms with van der Waals surface area (Å²) < 4.78 is 11.7. The lowest BCUT2D eigenvalue weighted by atomic mass is 9.90. The molecule has 2 amide bonds. The fourth-order valence-corrected chi connectivity index (χ4v) is 5.83. The predicted molar refractivity (Wildman–Crippen MR) is 149 cm³/mol. The molecule has 2 aliphatic rings. The van der Waals surface area contributed by atoms with Gasteiger partial charge in [-0.1, -0.05) is 74.5 Å². The Balaban J connectivity index is 1.54. The highest BCUT2D eigenvalue weighted by atomic mass is 32.2. The third-order valence-electron chi connectivity index (χ3n) is 6.52. The van der Waals surface area contributed by atoms with Gasteiger partial charge in [-0.3, -0.25) is 9.59 Å². The molecule has 208 valence electrons. The molecule has 0 bridgehead atoms. The number of rotatable bonds is 9. The van der Waals surface area contributed by atoms with Crippen LogP contribution in [0.4, 0.5) is 0 Å². The SMILES string of the molecule is CC(C)C(O)C1=CS[C@@H]2C(NC(=O)C(OCc3ccccc3)c3ccccc3)C(=O)N2C1C(=O)OC(C)(C)C. The topological polar surface area (TPSA) is 105 Å². The van der Waals surface area contributed by atoms with Gasteiger partial charge in [0.15, 0.2) is 12.1 Å². The van der Waals surface area contributed by atoms with Crippen molar-refractivity contribution in [2.75, 3.05) is 0 Å². The van der Waals surface area contributed by atoms with Gasteiger partial charge >= 0.3 is 5.97 Å². The highest BCUT2D eigenvalue weighted by Crippen LogP contribution is 2.42. The van der Waals surface area contributed by atoms with E-state index in [0.717, 1.165) is 5.56 Å². The molecule has 0 radical (unpaired) electrons. The van der Waals surface area contributed by atoms with Crippen LogP contribution in [0.25, 0.3) is 0 Å². The average molecular weight is 553 g/mol. The molecule has 0 aliphatic carbocycles. The van der Waals surface area contributed by atoms with Crippen LogP contribution >= 0.6 is 11.8 Å². The largest absolute Gasteiger partial charge is 0.458 e. The summed E-state index contributed by atoms with van der Waals surface area (Å²) in [6.45, 7) is 9.16. The van der Waals surface area contributed by atoms with Crippen LogP contribution in [0.2, 0.25) is 0 Å². The Morgan fingerprint density at radius 3 is 2.26 bits per heavy atom. The standard InChI is InChI=1S/C30H36N2O6S/c1-18(2)24(33)21-17-39-28-22(27(35)32(28)23(21)29(36)38-30(3,4)5)31-26(34)25(20-14-10-7-11-15-20)37-16-19-12-8-6-9-13-19/h6-15,17-18,22-25,28,33H,16H2,1-5H3,(H,31,34)/t22?,23?,24?,25?,28-/m1/s1. The zero-order valence-corrected chi connectivity index (χ0v) is 23.7. The second kappa shape index (κ2) is 11.9. The van der Waals surface area contributed by atoms with Gasteiger partial charge in [-0.2, -0.15) is 0 Å². The zero-order valence-electron chi connectivity index (χ0n) is 22.9. The number of benzene rings is 2. The first kappa shape index (κ1) is 28.9. The third-order valence-corrected chi connectivity index (χ3v) is 7.70. The number of fused-ring (bicyclic) bond motifs is 1. The number of esters is 1. The number of carbonyl (C=O) groups is 3. The number of aliphatic hydroxyl groups is 1. The van der Waals surface area contributed by atoms with Gasteiger partial charge in [-0.15, -0.1) is 11.8 Å². The molecule has 2 aromatic rings. The maximum atomic E-state index is 13.5. The van der Waals surface area contributed by atoms with Crippen molar-refractivity contribution in [3.63, 3.8) is 0 Å². The minimum atomic E-state index is -1.06. The first-order chi connectivity index (χ1) is 18.5. The fraction of sp³-hybridized carbons (Fsp3) is 0.433. The Kier molecular flexibility index (Phi) is 8.83. The van der Waals surface area contributed by atoms with Crippen LogP contribution in [0.15, 0.2) is 71.6 Å². The third kappa shape index (κ3) is 6.54. The van der Waals surface area contributed by atoms with E-state index in [1.54, 1.807) is 38.3 Å². The second-order valence-electron chi connectivity index (χ2n) is 11.1. The van der Waals surface area contributed by atoms with E-state index in [0.29, 0.717) is 11.1 Å². The molecular formula is C30H36N2O6S. The number of β-lactam (4-membered cyclic amide) rings is 1. The van der Waals surface area contributed by atoms with Crippen LogP contribution in [0, 0.1) is 5.92 Å². The summed E-state index contributed by atoms with van der Waals surface area (Å²) in [5.74, 6) is -1.63. The number of carbonyl (C=O) groups excluding carboxylic acids is 3. The van der Waals surface area contributed by atoms with Crippen molar-refractivity contribution >= 4 is 29.5 Å². The van der Waals surface area contributed by atoms with Crippen LogP contribution in [0.5, 0.6) is 0 Å². The van der Waals surface area contributed by atoms with Gasteiger partial charge in [-0.05, 0) is 48.8 Å². The van der Waals surface area contributed by atoms with Gasteiger partial charge in [0.25, 0.3) is 5.91 Å². The molecule has 5 atom stereocenters. The van der Waals surface area contributed by atoms with Crippen molar-refractivity contribution in [2.45, 2.75) is 76.5 Å². The van der Waals surface area contributed by atoms with E-state index in [1.165, 1.54) is 16.7 Å². The van der Waals surface area contributed by atoms with Crippen molar-refractivity contribution < 1.29 is 29.0 Å². The molecular weight excluding hydrogens is 516 g/mol. The molecule has 0 aromatic heterocycles. The first-order valence-corrected chi connectivity index (χ1v) is 14.0. The number of aliphatic hydroxyl groups excluding tert-OH is 1. The Hall–Kier alpha value is -3.14. The van der Waals surface area contributed by atoms with Crippen molar-refractivity contribution in [1.29, 1.82) is 0 Å². The molecule has 39 heavy (non-hydrogen) atoms. The lowest BCUT2D eigenvalue weighted by Crippen LogP contribution is -2.74. The van der Waals surface area contributed by atoms with E-state index >= 15 is 0 Å². The van der Waals surface area contributed by atoms with Crippen LogP contribution in [0.3, 0.4) is 0 Å². The maximum Gasteiger partial charge on any atom is 0.333 e. The van der Waals surface area contributed by atoms with Crippen LogP contribution in [-0.4, -0.2) is 57.0 Å². The molecule has 0 saturated carbocycles. The number of hydrogen-bond donors (Lipinski definition) is 2. The average Bonchev–Trinajstić information content (AvgIpc) is 2.90. The number of ether oxygens (including phenoxy) is 2. The molecule has 2 aliphatic heterocycles. The lowest BCUT2D eigenvalue weighted by Gasteiger charge is -2.52. The predicted octanol–water partition coefficient (Wildman–Crippen LogP) is 3.96. The molecule has 2 heterocycles. The maximum absolute atomic E-state index is 13.5. The van der Waals surface area contributed by atoms with Crippen LogP contribution in [0.1, 0.15) is 51.8 Å². The van der Waals surface area contributed by atoms with E-state index in [4.69, 9.17) is 9.47 Å². The fourth-order valence-electron chi connectivity index (χ4n) is 4.57. The van der Waals surface area contributed by atoms with Crippen molar-refractivity contribution in [3.05, 3.63) is 82.8 Å². The van der Waals surface area contributed by atoms with E-state index < -0.39 is 53.1 Å². The number of nitrogens with one attached hydrogen (secondary N) is 1. The summed E-state index contributed by atoms with van der Waals surface area (Å²) in [4.78, 5) is 41.6. The minimum absolute atomic E-state index is 0.168. The summed E-state index contributed by atoms with van der Waals surface area (Å²) in [5, 5.41) is 14.9. The highest BCUT2D eigenvalue weighted by Gasteiger charge is 2.57. The molecule has 0 spiro atoms. The van der Waals surface area contributed by atoms with Crippen molar-refractivity contribution in [2.24, 2.45) is 5.92 Å². The number of amides is 2. The molecule has 4 unspecified atom stereocenters. The molecule has 8 nitrogen and oxygen atoms in total. The van der Waals surface area contributed by atoms with E-state index in [1.807, 2.05) is 62.4 Å². The van der Waals surface area contributed by atoms with E-state index in [2.05, 4.69) is 5.32 Å². The smallest absolute Gasteiger partial charge is 0.333 e. The van der Waals surface area contributed by atoms with Gasteiger partial charge < -0.3 is 24.8 Å². The minimum Gasteiger partial charge on any atom is -0.458 e. The zero-order chi connectivity index (χ0) is 28.3. The molecule has 4 rings (SSSR count). The summed E-state index contributed by atoms with van der Waals surface area (Å²) >= 11 is 1.30. The lowest BCUT2D eigenvalue weighted by molar-refractivity contribution is -0.171. The number of nitrogens with zero attached hydrogens (tertiary/aromatic N) is 1. The monoisotopic (exact) mass is 552 g/mol. The second-order valence-corrected chi connectivity index (χ2v) is 12.1. The Bertz CT molecular complexity index is 1210.